The zero-order valence-electron chi connectivity index (χ0n) is 15.6. The minimum absolute atomic E-state index is 0.305. The summed E-state index contributed by atoms with van der Waals surface area (Å²) in [6.45, 7) is 4.80. The molecule has 0 fully saturated rings. The summed E-state index contributed by atoms with van der Waals surface area (Å²) in [4.78, 5) is 12.7. The predicted octanol–water partition coefficient (Wildman–Crippen LogP) is 3.76. The van der Waals surface area contributed by atoms with Crippen LogP contribution in [-0.2, 0) is 0 Å². The minimum atomic E-state index is -0.305. The van der Waals surface area contributed by atoms with Gasteiger partial charge in [-0.15, -0.1) is 5.10 Å². The summed E-state index contributed by atoms with van der Waals surface area (Å²) in [6.07, 6.45) is 2.33. The lowest BCUT2D eigenvalue weighted by Gasteiger charge is -2.15. The number of carbonyl (C=O) groups is 1. The van der Waals surface area contributed by atoms with Crippen LogP contribution < -0.4 is 14.8 Å². The molecule has 1 N–H and O–H groups in total. The molecule has 1 aromatic heterocycles. The predicted molar refractivity (Wildman–Crippen MR) is 106 cm³/mol. The average molecular weight is 402 g/mol. The van der Waals surface area contributed by atoms with Crippen molar-refractivity contribution in [2.75, 3.05) is 18.5 Å². The maximum atomic E-state index is 12.7. The normalized spacial score (nSPS) is 10.5. The molecule has 0 bridgehead atoms. The third kappa shape index (κ3) is 4.58. The molecule has 9 heteroatoms. The summed E-state index contributed by atoms with van der Waals surface area (Å²) in [6, 6.07) is 10.3. The zero-order valence-corrected chi connectivity index (χ0v) is 16.3. The minimum Gasteiger partial charge on any atom is -0.490 e. The number of tetrazole rings is 1. The Hall–Kier alpha value is -3.13. The third-order valence-corrected chi connectivity index (χ3v) is 4.04. The van der Waals surface area contributed by atoms with Crippen molar-refractivity contribution in [1.29, 1.82) is 0 Å². The molecule has 0 aliphatic carbocycles. The average Bonchev–Trinajstić information content (AvgIpc) is 3.23. The highest BCUT2D eigenvalue weighted by Crippen LogP contribution is 2.37. The highest BCUT2D eigenvalue weighted by molar-refractivity contribution is 6.32. The largest absolute Gasteiger partial charge is 0.490 e. The van der Waals surface area contributed by atoms with Gasteiger partial charge in [-0.05, 0) is 60.2 Å². The van der Waals surface area contributed by atoms with Crippen molar-refractivity contribution in [3.63, 3.8) is 0 Å². The molecule has 3 rings (SSSR count). The van der Waals surface area contributed by atoms with Crippen LogP contribution in [0.2, 0.25) is 5.02 Å². The number of rotatable bonds is 8. The molecule has 0 atom stereocenters. The Morgan fingerprint density at radius 1 is 1.18 bits per heavy atom. The van der Waals surface area contributed by atoms with Gasteiger partial charge < -0.3 is 14.8 Å². The van der Waals surface area contributed by atoms with Gasteiger partial charge in [-0.25, -0.2) is 4.68 Å². The van der Waals surface area contributed by atoms with E-state index in [0.29, 0.717) is 41.0 Å². The van der Waals surface area contributed by atoms with Crippen LogP contribution in [-0.4, -0.2) is 39.3 Å². The second-order valence-electron chi connectivity index (χ2n) is 5.82. The lowest BCUT2D eigenvalue weighted by molar-refractivity contribution is 0.102. The van der Waals surface area contributed by atoms with Crippen LogP contribution >= 0.6 is 11.6 Å². The van der Waals surface area contributed by atoms with E-state index < -0.39 is 0 Å². The maximum absolute atomic E-state index is 12.7. The summed E-state index contributed by atoms with van der Waals surface area (Å²) >= 11 is 6.32. The molecule has 0 aliphatic heterocycles. The topological polar surface area (TPSA) is 91.2 Å². The number of benzene rings is 2. The van der Waals surface area contributed by atoms with Crippen LogP contribution in [0.25, 0.3) is 5.69 Å². The molecule has 0 saturated heterocycles. The Morgan fingerprint density at radius 3 is 2.61 bits per heavy atom. The SMILES string of the molecule is CCCOc1c(Cl)cc(C(=O)Nc2ccc(-n3cnnn3)cc2)cc1OCC. The second kappa shape index (κ2) is 9.18. The second-order valence-corrected chi connectivity index (χ2v) is 6.23. The zero-order chi connectivity index (χ0) is 19.9. The number of amides is 1. The van der Waals surface area contributed by atoms with Gasteiger partial charge in [-0.3, -0.25) is 4.79 Å². The molecule has 0 saturated carbocycles. The molecule has 1 heterocycles. The molecule has 28 heavy (non-hydrogen) atoms. The number of carbonyl (C=O) groups excluding carboxylic acids is 1. The first-order chi connectivity index (χ1) is 13.6. The fraction of sp³-hybridized carbons (Fsp3) is 0.263. The van der Waals surface area contributed by atoms with Crippen molar-refractivity contribution in [3.05, 3.63) is 53.3 Å². The van der Waals surface area contributed by atoms with Gasteiger partial charge in [0.2, 0.25) is 0 Å². The molecule has 0 aliphatic rings. The van der Waals surface area contributed by atoms with E-state index in [2.05, 4.69) is 20.8 Å². The van der Waals surface area contributed by atoms with E-state index in [9.17, 15) is 4.79 Å². The summed E-state index contributed by atoms with van der Waals surface area (Å²) in [7, 11) is 0. The van der Waals surface area contributed by atoms with Crippen molar-refractivity contribution in [3.8, 4) is 17.2 Å². The van der Waals surface area contributed by atoms with Crippen molar-refractivity contribution < 1.29 is 14.3 Å². The number of hydrogen-bond donors (Lipinski definition) is 1. The summed E-state index contributed by atoms with van der Waals surface area (Å²) in [5.74, 6) is 0.593. The van der Waals surface area contributed by atoms with Crippen LogP contribution in [0.4, 0.5) is 5.69 Å². The van der Waals surface area contributed by atoms with Gasteiger partial charge in [-0.2, -0.15) is 0 Å². The number of nitrogens with zero attached hydrogens (tertiary/aromatic N) is 4. The maximum Gasteiger partial charge on any atom is 0.255 e. The van der Waals surface area contributed by atoms with E-state index in [1.807, 2.05) is 13.8 Å². The van der Waals surface area contributed by atoms with Crippen LogP contribution in [0.3, 0.4) is 0 Å². The van der Waals surface area contributed by atoms with Crippen LogP contribution in [0, 0.1) is 0 Å². The Balaban J connectivity index is 1.78. The van der Waals surface area contributed by atoms with Crippen LogP contribution in [0.15, 0.2) is 42.7 Å². The van der Waals surface area contributed by atoms with Crippen molar-refractivity contribution >= 4 is 23.2 Å². The molecule has 3 aromatic rings. The molecule has 0 unspecified atom stereocenters. The van der Waals surface area contributed by atoms with E-state index in [1.165, 1.54) is 11.0 Å². The first kappa shape index (κ1) is 19.6. The first-order valence-corrected chi connectivity index (χ1v) is 9.24. The Morgan fingerprint density at radius 2 is 1.96 bits per heavy atom. The van der Waals surface area contributed by atoms with Gasteiger partial charge in [0.15, 0.2) is 11.5 Å². The number of anilines is 1. The first-order valence-electron chi connectivity index (χ1n) is 8.86. The molecule has 0 spiro atoms. The van der Waals surface area contributed by atoms with Gasteiger partial charge in [0.25, 0.3) is 5.91 Å². The van der Waals surface area contributed by atoms with Gasteiger partial charge in [-0.1, -0.05) is 18.5 Å². The fourth-order valence-corrected chi connectivity index (χ4v) is 2.75. The number of hydrogen-bond acceptors (Lipinski definition) is 6. The van der Waals surface area contributed by atoms with Gasteiger partial charge in [0.05, 0.1) is 23.9 Å². The monoisotopic (exact) mass is 401 g/mol. The van der Waals surface area contributed by atoms with E-state index in [1.54, 1.807) is 36.4 Å². The summed E-state index contributed by atoms with van der Waals surface area (Å²) < 4.78 is 12.8. The van der Waals surface area contributed by atoms with Gasteiger partial charge in [0.1, 0.15) is 6.33 Å². The van der Waals surface area contributed by atoms with E-state index in [-0.39, 0.29) is 5.91 Å². The van der Waals surface area contributed by atoms with E-state index in [0.717, 1.165) is 12.1 Å². The Kier molecular flexibility index (Phi) is 6.44. The summed E-state index contributed by atoms with van der Waals surface area (Å²) in [5, 5.41) is 14.2. The Bertz CT molecular complexity index is 929. The third-order valence-electron chi connectivity index (χ3n) is 3.76. The smallest absolute Gasteiger partial charge is 0.255 e. The highest BCUT2D eigenvalue weighted by atomic mass is 35.5. The van der Waals surface area contributed by atoms with Crippen LogP contribution in [0.5, 0.6) is 11.5 Å². The number of halogens is 1. The number of ether oxygens (including phenoxy) is 2. The standard InChI is InChI=1S/C19H20ClN5O3/c1-3-9-28-18-16(20)10-13(11-17(18)27-4-2)19(26)22-14-5-7-15(8-6-14)25-12-21-23-24-25/h5-8,10-12H,3-4,9H2,1-2H3,(H,22,26). The van der Waals surface area contributed by atoms with Crippen LogP contribution in [0.1, 0.15) is 30.6 Å². The number of aromatic nitrogens is 4. The van der Waals surface area contributed by atoms with E-state index in [4.69, 9.17) is 21.1 Å². The molecule has 1 amide bonds. The van der Waals surface area contributed by atoms with Gasteiger partial charge in [0, 0.05) is 11.3 Å². The Labute approximate surface area is 167 Å². The molecular formula is C19H20ClN5O3. The van der Waals surface area contributed by atoms with Crippen molar-refractivity contribution in [2.45, 2.75) is 20.3 Å². The summed E-state index contributed by atoms with van der Waals surface area (Å²) in [5.41, 5.74) is 1.78. The molecule has 0 radical (unpaired) electrons. The lowest BCUT2D eigenvalue weighted by atomic mass is 10.1. The number of nitrogens with one attached hydrogen (secondary N) is 1. The lowest BCUT2D eigenvalue weighted by Crippen LogP contribution is -2.13. The van der Waals surface area contributed by atoms with Gasteiger partial charge >= 0.3 is 0 Å². The molecular weight excluding hydrogens is 382 g/mol. The highest BCUT2D eigenvalue weighted by Gasteiger charge is 2.16. The van der Waals surface area contributed by atoms with E-state index >= 15 is 0 Å². The fourth-order valence-electron chi connectivity index (χ4n) is 2.49. The van der Waals surface area contributed by atoms with Crippen molar-refractivity contribution in [1.82, 2.24) is 20.2 Å². The van der Waals surface area contributed by atoms with Crippen molar-refractivity contribution in [2.24, 2.45) is 0 Å². The molecule has 8 nitrogen and oxygen atoms in total. The molecule has 2 aromatic carbocycles. The molecule has 146 valence electrons. The quantitative estimate of drug-likeness (QED) is 0.618.